The molecular formula is C18H12N2O3. The van der Waals surface area contributed by atoms with Gasteiger partial charge in [0.1, 0.15) is 0 Å². The van der Waals surface area contributed by atoms with Gasteiger partial charge in [-0.1, -0.05) is 12.1 Å². The predicted octanol–water partition coefficient (Wildman–Crippen LogP) is 3.25. The van der Waals surface area contributed by atoms with Crippen molar-refractivity contribution >= 4 is 22.9 Å². The molecule has 0 fully saturated rings. The van der Waals surface area contributed by atoms with Crippen molar-refractivity contribution in [1.82, 2.24) is 9.97 Å². The fourth-order valence-electron chi connectivity index (χ4n) is 2.46. The highest BCUT2D eigenvalue weighted by atomic mass is 16.7. The van der Waals surface area contributed by atoms with E-state index in [1.165, 1.54) is 6.08 Å². The van der Waals surface area contributed by atoms with Gasteiger partial charge in [0, 0.05) is 23.5 Å². The molecule has 0 saturated carbocycles. The second kappa shape index (κ2) is 5.53. The summed E-state index contributed by atoms with van der Waals surface area (Å²) in [7, 11) is 0. The van der Waals surface area contributed by atoms with E-state index in [9.17, 15) is 4.79 Å². The number of aromatic nitrogens is 2. The molecular weight excluding hydrogens is 292 g/mol. The van der Waals surface area contributed by atoms with Crippen LogP contribution in [0.15, 0.2) is 54.9 Å². The van der Waals surface area contributed by atoms with Gasteiger partial charge in [-0.25, -0.2) is 0 Å². The highest BCUT2D eigenvalue weighted by Crippen LogP contribution is 2.32. The molecule has 4 rings (SSSR count). The van der Waals surface area contributed by atoms with E-state index in [-0.39, 0.29) is 12.6 Å². The first-order valence-electron chi connectivity index (χ1n) is 7.13. The number of ketones is 1. The Morgan fingerprint density at radius 1 is 1.04 bits per heavy atom. The van der Waals surface area contributed by atoms with E-state index in [4.69, 9.17) is 9.47 Å². The van der Waals surface area contributed by atoms with Crippen LogP contribution in [0.3, 0.4) is 0 Å². The molecule has 0 amide bonds. The largest absolute Gasteiger partial charge is 0.454 e. The number of rotatable bonds is 3. The fraction of sp³-hybridized carbons (Fsp3) is 0.0556. The smallest absolute Gasteiger partial charge is 0.231 e. The third-order valence-corrected chi connectivity index (χ3v) is 3.60. The molecule has 5 heteroatoms. The van der Waals surface area contributed by atoms with Crippen LogP contribution in [-0.4, -0.2) is 22.5 Å². The van der Waals surface area contributed by atoms with Gasteiger partial charge in [0.15, 0.2) is 17.3 Å². The molecule has 1 aromatic heterocycles. The molecule has 2 heterocycles. The summed E-state index contributed by atoms with van der Waals surface area (Å²) in [5.41, 5.74) is 2.97. The lowest BCUT2D eigenvalue weighted by atomic mass is 10.1. The topological polar surface area (TPSA) is 61.3 Å². The number of para-hydroxylation sites is 1. The van der Waals surface area contributed by atoms with Gasteiger partial charge in [-0.15, -0.1) is 0 Å². The summed E-state index contributed by atoms with van der Waals surface area (Å²) in [4.78, 5) is 20.9. The maximum atomic E-state index is 12.3. The molecule has 2 aromatic carbocycles. The third-order valence-electron chi connectivity index (χ3n) is 3.60. The van der Waals surface area contributed by atoms with Crippen molar-refractivity contribution in [3.63, 3.8) is 0 Å². The molecule has 0 N–H and O–H groups in total. The Morgan fingerprint density at radius 3 is 2.87 bits per heavy atom. The molecule has 23 heavy (non-hydrogen) atoms. The summed E-state index contributed by atoms with van der Waals surface area (Å²) in [6.07, 6.45) is 6.57. The van der Waals surface area contributed by atoms with E-state index in [1.807, 2.05) is 18.2 Å². The Hall–Kier alpha value is -3.21. The predicted molar refractivity (Wildman–Crippen MR) is 85.5 cm³/mol. The highest BCUT2D eigenvalue weighted by Gasteiger charge is 2.15. The lowest BCUT2D eigenvalue weighted by Gasteiger charge is -2.01. The average Bonchev–Trinajstić information content (AvgIpc) is 3.07. The summed E-state index contributed by atoms with van der Waals surface area (Å²) in [5, 5.41) is 0. The second-order valence-electron chi connectivity index (χ2n) is 5.04. The number of hydrogen-bond donors (Lipinski definition) is 0. The second-order valence-corrected chi connectivity index (χ2v) is 5.04. The van der Waals surface area contributed by atoms with Crippen LogP contribution in [-0.2, 0) is 0 Å². The number of allylic oxidation sites excluding steroid dienone is 1. The minimum absolute atomic E-state index is 0.107. The number of carbonyl (C=O) groups is 1. The number of ether oxygens (including phenoxy) is 2. The summed E-state index contributed by atoms with van der Waals surface area (Å²) < 4.78 is 10.5. The average molecular weight is 304 g/mol. The lowest BCUT2D eigenvalue weighted by Crippen LogP contribution is -1.94. The van der Waals surface area contributed by atoms with Gasteiger partial charge in [-0.3, -0.25) is 14.8 Å². The minimum Gasteiger partial charge on any atom is -0.454 e. The standard InChI is InChI=1S/C18H12N2O3/c21-15(13-5-7-16-17(10-13)23-11-22-16)6-4-12-2-1-3-14-18(12)20-9-8-19-14/h1-10H,11H2. The maximum Gasteiger partial charge on any atom is 0.231 e. The van der Waals surface area contributed by atoms with Crippen molar-refractivity contribution in [3.8, 4) is 11.5 Å². The van der Waals surface area contributed by atoms with Gasteiger partial charge < -0.3 is 9.47 Å². The monoisotopic (exact) mass is 304 g/mol. The number of carbonyl (C=O) groups excluding carboxylic acids is 1. The molecule has 0 spiro atoms. The summed E-state index contributed by atoms with van der Waals surface area (Å²) >= 11 is 0. The molecule has 0 aliphatic carbocycles. The molecule has 0 bridgehead atoms. The first-order chi connectivity index (χ1) is 11.3. The van der Waals surface area contributed by atoms with Gasteiger partial charge in [0.05, 0.1) is 11.0 Å². The molecule has 5 nitrogen and oxygen atoms in total. The van der Waals surface area contributed by atoms with E-state index in [0.29, 0.717) is 17.1 Å². The van der Waals surface area contributed by atoms with Crippen molar-refractivity contribution in [1.29, 1.82) is 0 Å². The van der Waals surface area contributed by atoms with E-state index < -0.39 is 0 Å². The zero-order valence-electron chi connectivity index (χ0n) is 12.1. The number of nitrogens with zero attached hydrogens (tertiary/aromatic N) is 2. The Balaban J connectivity index is 1.64. The highest BCUT2D eigenvalue weighted by molar-refractivity contribution is 6.07. The van der Waals surface area contributed by atoms with Gasteiger partial charge in [-0.2, -0.15) is 0 Å². The maximum absolute atomic E-state index is 12.3. The van der Waals surface area contributed by atoms with Crippen LogP contribution in [0.2, 0.25) is 0 Å². The zero-order chi connectivity index (χ0) is 15.6. The summed E-state index contributed by atoms with van der Waals surface area (Å²) in [5.74, 6) is 1.15. The molecule has 112 valence electrons. The zero-order valence-corrected chi connectivity index (χ0v) is 12.1. The van der Waals surface area contributed by atoms with E-state index >= 15 is 0 Å². The molecule has 1 aliphatic heterocycles. The Kier molecular flexibility index (Phi) is 3.24. The van der Waals surface area contributed by atoms with Crippen molar-refractivity contribution in [2.45, 2.75) is 0 Å². The molecule has 0 unspecified atom stereocenters. The van der Waals surface area contributed by atoms with E-state index in [0.717, 1.165) is 16.6 Å². The van der Waals surface area contributed by atoms with Crippen LogP contribution < -0.4 is 9.47 Å². The quantitative estimate of drug-likeness (QED) is 0.549. The van der Waals surface area contributed by atoms with E-state index in [2.05, 4.69) is 9.97 Å². The molecule has 0 radical (unpaired) electrons. The van der Waals surface area contributed by atoms with Crippen molar-refractivity contribution in [2.75, 3.05) is 6.79 Å². The van der Waals surface area contributed by atoms with Gasteiger partial charge in [0.2, 0.25) is 6.79 Å². The number of benzene rings is 2. The van der Waals surface area contributed by atoms with Gasteiger partial charge in [0.25, 0.3) is 0 Å². The number of fused-ring (bicyclic) bond motifs is 2. The third kappa shape index (κ3) is 2.53. The van der Waals surface area contributed by atoms with Gasteiger partial charge >= 0.3 is 0 Å². The first-order valence-corrected chi connectivity index (χ1v) is 7.13. The lowest BCUT2D eigenvalue weighted by molar-refractivity contribution is 0.104. The Bertz CT molecular complexity index is 929. The van der Waals surface area contributed by atoms with E-state index in [1.54, 1.807) is 36.7 Å². The van der Waals surface area contributed by atoms with Crippen molar-refractivity contribution in [3.05, 3.63) is 66.0 Å². The Labute approximate surface area is 132 Å². The van der Waals surface area contributed by atoms with Crippen molar-refractivity contribution in [2.24, 2.45) is 0 Å². The van der Waals surface area contributed by atoms with Crippen LogP contribution in [0, 0.1) is 0 Å². The number of hydrogen-bond acceptors (Lipinski definition) is 5. The van der Waals surface area contributed by atoms with Crippen LogP contribution in [0.4, 0.5) is 0 Å². The summed E-state index contributed by atoms with van der Waals surface area (Å²) in [6.45, 7) is 0.192. The van der Waals surface area contributed by atoms with Crippen molar-refractivity contribution < 1.29 is 14.3 Å². The fourth-order valence-corrected chi connectivity index (χ4v) is 2.46. The minimum atomic E-state index is -0.107. The van der Waals surface area contributed by atoms with Crippen LogP contribution in [0.1, 0.15) is 15.9 Å². The molecule has 1 aliphatic rings. The molecule has 0 saturated heterocycles. The van der Waals surface area contributed by atoms with Crippen LogP contribution in [0.25, 0.3) is 17.1 Å². The van der Waals surface area contributed by atoms with Gasteiger partial charge in [-0.05, 0) is 36.4 Å². The Morgan fingerprint density at radius 2 is 1.91 bits per heavy atom. The normalized spacial score (nSPS) is 12.9. The molecule has 3 aromatic rings. The molecule has 0 atom stereocenters. The SMILES string of the molecule is O=C(C=Cc1cccc2nccnc12)c1ccc2c(c1)OCO2. The summed E-state index contributed by atoms with van der Waals surface area (Å²) in [6, 6.07) is 10.8. The van der Waals surface area contributed by atoms with Crippen LogP contribution in [0.5, 0.6) is 11.5 Å². The first kappa shape index (κ1) is 13.5. The van der Waals surface area contributed by atoms with Crippen LogP contribution >= 0.6 is 0 Å².